The van der Waals surface area contributed by atoms with Gasteiger partial charge in [0, 0.05) is 11.1 Å². The maximum absolute atomic E-state index is 12.6. The van der Waals surface area contributed by atoms with Crippen molar-refractivity contribution in [3.63, 3.8) is 0 Å². The van der Waals surface area contributed by atoms with Gasteiger partial charge in [-0.2, -0.15) is 0 Å². The van der Waals surface area contributed by atoms with E-state index in [4.69, 9.17) is 11.6 Å². The first-order valence-corrected chi connectivity index (χ1v) is 8.15. The predicted octanol–water partition coefficient (Wildman–Crippen LogP) is 2.64. The van der Waals surface area contributed by atoms with Gasteiger partial charge in [-0.05, 0) is 44.2 Å². The van der Waals surface area contributed by atoms with E-state index in [1.54, 1.807) is 24.3 Å². The normalized spacial score (nSPS) is 25.0. The van der Waals surface area contributed by atoms with Crippen LogP contribution in [0.25, 0.3) is 0 Å². The fourth-order valence-corrected chi connectivity index (χ4v) is 4.77. The van der Waals surface area contributed by atoms with Crippen LogP contribution < -0.4 is 5.32 Å². The molecule has 0 amide bonds. The van der Waals surface area contributed by atoms with Crippen molar-refractivity contribution in [1.29, 1.82) is 0 Å². The lowest BCUT2D eigenvalue weighted by Crippen LogP contribution is -2.44. The zero-order valence-electron chi connectivity index (χ0n) is 10.4. The Morgan fingerprint density at radius 1 is 1.17 bits per heavy atom. The molecule has 0 bridgehead atoms. The van der Waals surface area contributed by atoms with Crippen LogP contribution in [0.4, 0.5) is 0 Å². The molecular formula is C13H18ClNO2S. The van der Waals surface area contributed by atoms with Gasteiger partial charge in [-0.25, -0.2) is 8.42 Å². The van der Waals surface area contributed by atoms with Gasteiger partial charge in [0.1, 0.15) is 0 Å². The molecule has 2 atom stereocenters. The third-order valence-electron chi connectivity index (χ3n) is 3.61. The van der Waals surface area contributed by atoms with E-state index in [1.807, 2.05) is 7.05 Å². The lowest BCUT2D eigenvalue weighted by Gasteiger charge is -2.30. The fraction of sp³-hybridized carbons (Fsp3) is 0.538. The molecule has 1 aliphatic carbocycles. The Morgan fingerprint density at radius 2 is 1.78 bits per heavy atom. The van der Waals surface area contributed by atoms with Crippen LogP contribution >= 0.6 is 11.6 Å². The highest BCUT2D eigenvalue weighted by Gasteiger charge is 2.35. The molecular weight excluding hydrogens is 270 g/mol. The van der Waals surface area contributed by atoms with E-state index in [0.717, 1.165) is 25.7 Å². The first-order valence-electron chi connectivity index (χ1n) is 6.22. The van der Waals surface area contributed by atoms with Gasteiger partial charge < -0.3 is 5.32 Å². The summed E-state index contributed by atoms with van der Waals surface area (Å²) in [4.78, 5) is 0.374. The summed E-state index contributed by atoms with van der Waals surface area (Å²) < 4.78 is 25.2. The van der Waals surface area contributed by atoms with Crippen molar-refractivity contribution in [1.82, 2.24) is 5.32 Å². The second kappa shape index (κ2) is 5.59. The van der Waals surface area contributed by atoms with E-state index in [1.165, 1.54) is 0 Å². The Morgan fingerprint density at radius 3 is 2.39 bits per heavy atom. The summed E-state index contributed by atoms with van der Waals surface area (Å²) in [5.74, 6) is 0. The van der Waals surface area contributed by atoms with Crippen molar-refractivity contribution in [2.75, 3.05) is 7.05 Å². The first kappa shape index (κ1) is 13.8. The molecule has 0 heterocycles. The van der Waals surface area contributed by atoms with Gasteiger partial charge in [0.15, 0.2) is 9.84 Å². The average molecular weight is 288 g/mol. The van der Waals surface area contributed by atoms with Crippen LogP contribution in [0.15, 0.2) is 29.2 Å². The van der Waals surface area contributed by atoms with Crippen LogP contribution in [0.5, 0.6) is 0 Å². The quantitative estimate of drug-likeness (QED) is 0.930. The Hall–Kier alpha value is -0.580. The number of sulfone groups is 1. The minimum absolute atomic E-state index is 0.0550. The summed E-state index contributed by atoms with van der Waals surface area (Å²) in [6, 6.07) is 6.51. The molecule has 18 heavy (non-hydrogen) atoms. The summed E-state index contributed by atoms with van der Waals surface area (Å²) in [7, 11) is -1.43. The third kappa shape index (κ3) is 2.71. The number of rotatable bonds is 3. The van der Waals surface area contributed by atoms with Gasteiger partial charge in [-0.3, -0.25) is 0 Å². The van der Waals surface area contributed by atoms with Crippen molar-refractivity contribution in [3.05, 3.63) is 29.3 Å². The topological polar surface area (TPSA) is 46.2 Å². The minimum Gasteiger partial charge on any atom is -0.316 e. The minimum atomic E-state index is -3.26. The lowest BCUT2D eigenvalue weighted by molar-refractivity contribution is 0.390. The number of hydrogen-bond donors (Lipinski definition) is 1. The van der Waals surface area contributed by atoms with E-state index < -0.39 is 9.84 Å². The molecule has 0 saturated heterocycles. The first-order chi connectivity index (χ1) is 8.55. The van der Waals surface area contributed by atoms with Crippen molar-refractivity contribution in [2.24, 2.45) is 0 Å². The van der Waals surface area contributed by atoms with Crippen LogP contribution in [0.1, 0.15) is 25.7 Å². The van der Waals surface area contributed by atoms with Crippen LogP contribution in [-0.2, 0) is 9.84 Å². The fourth-order valence-electron chi connectivity index (χ4n) is 2.60. The predicted molar refractivity (Wildman–Crippen MR) is 73.7 cm³/mol. The lowest BCUT2D eigenvalue weighted by atomic mass is 9.95. The van der Waals surface area contributed by atoms with E-state index in [-0.39, 0.29) is 11.3 Å². The highest BCUT2D eigenvalue weighted by atomic mass is 35.5. The second-order valence-corrected chi connectivity index (χ2v) is 7.32. The maximum Gasteiger partial charge on any atom is 0.182 e. The van der Waals surface area contributed by atoms with Gasteiger partial charge >= 0.3 is 0 Å². The van der Waals surface area contributed by atoms with E-state index in [0.29, 0.717) is 9.92 Å². The largest absolute Gasteiger partial charge is 0.316 e. The van der Waals surface area contributed by atoms with Gasteiger partial charge in [-0.1, -0.05) is 24.4 Å². The summed E-state index contributed by atoms with van der Waals surface area (Å²) in [5.41, 5.74) is 0. The molecule has 100 valence electrons. The molecule has 1 aromatic rings. The molecule has 1 N–H and O–H groups in total. The van der Waals surface area contributed by atoms with Crippen LogP contribution in [0.2, 0.25) is 5.02 Å². The summed E-state index contributed by atoms with van der Waals surface area (Å²) in [5, 5.41) is 3.37. The zero-order valence-corrected chi connectivity index (χ0v) is 12.0. The van der Waals surface area contributed by atoms with Gasteiger partial charge in [0.2, 0.25) is 0 Å². The molecule has 1 fully saturated rings. The maximum atomic E-state index is 12.6. The van der Waals surface area contributed by atoms with Crippen molar-refractivity contribution in [2.45, 2.75) is 41.9 Å². The molecule has 2 unspecified atom stereocenters. The number of hydrogen-bond acceptors (Lipinski definition) is 3. The molecule has 1 aromatic carbocycles. The van der Waals surface area contributed by atoms with Crippen molar-refractivity contribution < 1.29 is 8.42 Å². The van der Waals surface area contributed by atoms with Gasteiger partial charge in [-0.15, -0.1) is 0 Å². The summed E-state index contributed by atoms with van der Waals surface area (Å²) in [6.45, 7) is 0. The highest BCUT2D eigenvalue weighted by Crippen LogP contribution is 2.29. The third-order valence-corrected chi connectivity index (χ3v) is 6.16. The van der Waals surface area contributed by atoms with E-state index >= 15 is 0 Å². The molecule has 0 aliphatic heterocycles. The Balaban J connectivity index is 2.32. The van der Waals surface area contributed by atoms with Crippen LogP contribution in [0.3, 0.4) is 0 Å². The standard InChI is InChI=1S/C13H18ClNO2S/c1-15-12-4-2-3-5-13(12)18(16,17)11-8-6-10(14)7-9-11/h6-9,12-13,15H,2-5H2,1H3. The number of nitrogens with one attached hydrogen (secondary N) is 1. The SMILES string of the molecule is CNC1CCCCC1S(=O)(=O)c1ccc(Cl)cc1. The Bertz CT molecular complexity index is 498. The zero-order chi connectivity index (χ0) is 13.2. The van der Waals surface area contributed by atoms with E-state index in [9.17, 15) is 8.42 Å². The van der Waals surface area contributed by atoms with Gasteiger partial charge in [0.05, 0.1) is 10.1 Å². The van der Waals surface area contributed by atoms with Crippen molar-refractivity contribution >= 4 is 21.4 Å². The second-order valence-electron chi connectivity index (χ2n) is 4.72. The molecule has 2 rings (SSSR count). The molecule has 0 spiro atoms. The number of benzene rings is 1. The molecule has 1 aliphatic rings. The summed E-state index contributed by atoms with van der Waals surface area (Å²) in [6.07, 6.45) is 3.73. The van der Waals surface area contributed by atoms with Crippen molar-refractivity contribution in [3.8, 4) is 0 Å². The molecule has 0 radical (unpaired) electrons. The molecule has 1 saturated carbocycles. The van der Waals surface area contributed by atoms with Crippen LogP contribution in [0, 0.1) is 0 Å². The Kier molecular flexibility index (Phi) is 4.30. The average Bonchev–Trinajstić information content (AvgIpc) is 2.39. The highest BCUT2D eigenvalue weighted by molar-refractivity contribution is 7.92. The molecule has 0 aromatic heterocycles. The van der Waals surface area contributed by atoms with E-state index in [2.05, 4.69) is 5.32 Å². The smallest absolute Gasteiger partial charge is 0.182 e. The molecule has 3 nitrogen and oxygen atoms in total. The Labute approximate surface area is 113 Å². The number of halogens is 1. The van der Waals surface area contributed by atoms with Gasteiger partial charge in [0.25, 0.3) is 0 Å². The monoisotopic (exact) mass is 287 g/mol. The van der Waals surface area contributed by atoms with Crippen LogP contribution in [-0.4, -0.2) is 26.8 Å². The summed E-state index contributed by atoms with van der Waals surface area (Å²) >= 11 is 5.80. The molecule has 5 heteroatoms.